The summed E-state index contributed by atoms with van der Waals surface area (Å²) in [4.78, 5) is 24.3. The van der Waals surface area contributed by atoms with Crippen LogP contribution in [0.5, 0.6) is 0 Å². The lowest BCUT2D eigenvalue weighted by Gasteiger charge is -2.02. The van der Waals surface area contributed by atoms with Crippen molar-refractivity contribution in [3.05, 3.63) is 57.7 Å². The van der Waals surface area contributed by atoms with E-state index in [1.807, 2.05) is 6.92 Å². The maximum Gasteiger partial charge on any atom is 0.251 e. The molecule has 114 valence electrons. The maximum absolute atomic E-state index is 12.8. The van der Waals surface area contributed by atoms with Crippen molar-refractivity contribution in [2.75, 3.05) is 5.32 Å². The van der Waals surface area contributed by atoms with Crippen molar-refractivity contribution in [3.8, 4) is 0 Å². The van der Waals surface area contributed by atoms with Gasteiger partial charge < -0.3 is 11.1 Å². The number of rotatable bonds is 4. The van der Waals surface area contributed by atoms with E-state index in [1.165, 1.54) is 29.5 Å². The Hall–Kier alpha value is -2.47. The summed E-state index contributed by atoms with van der Waals surface area (Å²) in [5, 5.41) is 3.09. The molecule has 6 heteroatoms. The lowest BCUT2D eigenvalue weighted by molar-refractivity contribution is -0.111. The summed E-state index contributed by atoms with van der Waals surface area (Å²) in [6, 6.07) is 5.75. The molecule has 1 heterocycles. The molecule has 0 aliphatic carbocycles. The molecule has 1 aromatic heterocycles. The second kappa shape index (κ2) is 6.53. The molecule has 0 aliphatic rings. The van der Waals surface area contributed by atoms with Gasteiger partial charge in [-0.2, -0.15) is 0 Å². The van der Waals surface area contributed by atoms with Crippen LogP contribution in [0, 0.1) is 19.7 Å². The number of carbonyl (C=O) groups is 2. The quantitative estimate of drug-likeness (QED) is 0.849. The Kier molecular flexibility index (Phi) is 4.72. The third-order valence-corrected chi connectivity index (χ3v) is 4.29. The van der Waals surface area contributed by atoms with Gasteiger partial charge in [0.05, 0.1) is 5.56 Å². The number of benzene rings is 1. The monoisotopic (exact) mass is 318 g/mol. The number of aryl methyl sites for hydroxylation is 1. The van der Waals surface area contributed by atoms with Gasteiger partial charge in [0, 0.05) is 11.0 Å². The maximum atomic E-state index is 12.8. The number of amides is 2. The molecule has 0 atom stereocenters. The van der Waals surface area contributed by atoms with Crippen LogP contribution >= 0.6 is 11.3 Å². The Labute approximate surface area is 131 Å². The van der Waals surface area contributed by atoms with Crippen molar-refractivity contribution in [3.63, 3.8) is 0 Å². The fourth-order valence-corrected chi connectivity index (χ4v) is 2.98. The summed E-state index contributed by atoms with van der Waals surface area (Å²) in [7, 11) is 0. The molecule has 22 heavy (non-hydrogen) atoms. The molecule has 4 nitrogen and oxygen atoms in total. The van der Waals surface area contributed by atoms with Gasteiger partial charge >= 0.3 is 0 Å². The van der Waals surface area contributed by atoms with E-state index < -0.39 is 5.91 Å². The molecule has 2 rings (SSSR count). The molecular weight excluding hydrogens is 303 g/mol. The van der Waals surface area contributed by atoms with Crippen molar-refractivity contribution in [2.24, 2.45) is 5.73 Å². The second-order valence-corrected chi connectivity index (χ2v) is 5.95. The van der Waals surface area contributed by atoms with E-state index in [1.54, 1.807) is 25.1 Å². The number of thiophene rings is 1. The third-order valence-electron chi connectivity index (χ3n) is 3.17. The van der Waals surface area contributed by atoms with Gasteiger partial charge in [-0.15, -0.1) is 11.3 Å². The van der Waals surface area contributed by atoms with E-state index in [2.05, 4.69) is 5.32 Å². The number of hydrogen-bond donors (Lipinski definition) is 2. The summed E-state index contributed by atoms with van der Waals surface area (Å²) < 4.78 is 12.8. The fraction of sp³-hybridized carbons (Fsp3) is 0.125. The van der Waals surface area contributed by atoms with E-state index in [-0.39, 0.29) is 11.7 Å². The normalized spacial score (nSPS) is 10.9. The van der Waals surface area contributed by atoms with Gasteiger partial charge in [0.2, 0.25) is 5.91 Å². The number of hydrogen-bond acceptors (Lipinski definition) is 3. The average Bonchev–Trinajstić information content (AvgIpc) is 2.73. The van der Waals surface area contributed by atoms with Crippen molar-refractivity contribution >= 4 is 34.2 Å². The van der Waals surface area contributed by atoms with Crippen molar-refractivity contribution in [1.82, 2.24) is 0 Å². The summed E-state index contributed by atoms with van der Waals surface area (Å²) in [6.07, 6.45) is 2.88. The summed E-state index contributed by atoms with van der Waals surface area (Å²) in [5.74, 6) is -1.29. The number of carbonyl (C=O) groups excluding carboxylic acids is 2. The highest BCUT2D eigenvalue weighted by Gasteiger charge is 2.18. The number of nitrogens with one attached hydrogen (secondary N) is 1. The predicted octanol–water partition coefficient (Wildman–Crippen LogP) is 3.25. The molecule has 0 fully saturated rings. The van der Waals surface area contributed by atoms with Crippen LogP contribution < -0.4 is 11.1 Å². The molecule has 1 aromatic carbocycles. The van der Waals surface area contributed by atoms with Gasteiger partial charge in [-0.05, 0) is 43.2 Å². The fourth-order valence-electron chi connectivity index (χ4n) is 1.91. The number of nitrogens with two attached hydrogens (primary N) is 1. The molecule has 0 spiro atoms. The smallest absolute Gasteiger partial charge is 0.251 e. The van der Waals surface area contributed by atoms with Crippen LogP contribution in [0.3, 0.4) is 0 Å². The van der Waals surface area contributed by atoms with Gasteiger partial charge in [0.15, 0.2) is 0 Å². The SMILES string of the molecule is Cc1sc(NC(=O)/C=C/c2ccc(F)cc2)c(C(N)=O)c1C. The lowest BCUT2D eigenvalue weighted by atomic mass is 10.1. The molecule has 3 N–H and O–H groups in total. The minimum Gasteiger partial charge on any atom is -0.365 e. The molecule has 0 saturated heterocycles. The molecule has 2 amide bonds. The molecule has 0 unspecified atom stereocenters. The minimum absolute atomic E-state index is 0.336. The van der Waals surface area contributed by atoms with Gasteiger partial charge in [-0.1, -0.05) is 12.1 Å². The highest BCUT2D eigenvalue weighted by Crippen LogP contribution is 2.31. The highest BCUT2D eigenvalue weighted by molar-refractivity contribution is 7.16. The molecular formula is C16H15FN2O2S. The summed E-state index contributed by atoms with van der Waals surface area (Å²) in [5.41, 5.74) is 7.16. The van der Waals surface area contributed by atoms with Crippen molar-refractivity contribution in [2.45, 2.75) is 13.8 Å². The van der Waals surface area contributed by atoms with Crippen molar-refractivity contribution < 1.29 is 14.0 Å². The van der Waals surface area contributed by atoms with Crippen LogP contribution in [0.1, 0.15) is 26.4 Å². The zero-order valence-corrected chi connectivity index (χ0v) is 13.0. The van der Waals surface area contributed by atoms with E-state index in [0.717, 1.165) is 10.4 Å². The first-order valence-corrected chi connectivity index (χ1v) is 7.34. The standard InChI is InChI=1S/C16H15FN2O2S/c1-9-10(2)22-16(14(9)15(18)21)19-13(20)8-5-11-3-6-12(17)7-4-11/h3-8H,1-2H3,(H2,18,21)(H,19,20)/b8-5+. The van der Waals surface area contributed by atoms with Gasteiger partial charge in [-0.25, -0.2) is 4.39 Å². The van der Waals surface area contributed by atoms with Gasteiger partial charge in [0.25, 0.3) is 5.91 Å². The van der Waals surface area contributed by atoms with Crippen LogP contribution in [0.2, 0.25) is 0 Å². The Morgan fingerprint density at radius 2 is 1.86 bits per heavy atom. The number of halogens is 1. The zero-order chi connectivity index (χ0) is 16.3. The van der Waals surface area contributed by atoms with E-state index in [0.29, 0.717) is 16.1 Å². The Bertz CT molecular complexity index is 748. The van der Waals surface area contributed by atoms with Gasteiger partial charge in [0.1, 0.15) is 10.8 Å². The summed E-state index contributed by atoms with van der Waals surface area (Å²) >= 11 is 1.31. The lowest BCUT2D eigenvalue weighted by Crippen LogP contribution is -2.16. The first-order valence-electron chi connectivity index (χ1n) is 6.53. The third kappa shape index (κ3) is 3.59. The molecule has 0 aliphatic heterocycles. The van der Waals surface area contributed by atoms with E-state index in [4.69, 9.17) is 5.73 Å². The number of anilines is 1. The average molecular weight is 318 g/mol. The molecule has 0 bridgehead atoms. The summed E-state index contributed by atoms with van der Waals surface area (Å²) in [6.45, 7) is 3.65. The molecule has 0 radical (unpaired) electrons. The van der Waals surface area contributed by atoms with Gasteiger partial charge in [-0.3, -0.25) is 9.59 Å². The topological polar surface area (TPSA) is 72.2 Å². The Morgan fingerprint density at radius 3 is 2.45 bits per heavy atom. The van der Waals surface area contributed by atoms with Crippen LogP contribution in [0.25, 0.3) is 6.08 Å². The Balaban J connectivity index is 2.14. The highest BCUT2D eigenvalue weighted by atomic mass is 32.1. The zero-order valence-electron chi connectivity index (χ0n) is 12.1. The van der Waals surface area contributed by atoms with E-state index in [9.17, 15) is 14.0 Å². The first-order chi connectivity index (χ1) is 10.4. The Morgan fingerprint density at radius 1 is 1.23 bits per heavy atom. The molecule has 0 saturated carbocycles. The van der Waals surface area contributed by atoms with Crippen LogP contribution in [-0.4, -0.2) is 11.8 Å². The second-order valence-electron chi connectivity index (χ2n) is 4.73. The first kappa shape index (κ1) is 15.9. The largest absolute Gasteiger partial charge is 0.365 e. The predicted molar refractivity (Wildman–Crippen MR) is 86.4 cm³/mol. The van der Waals surface area contributed by atoms with Crippen LogP contribution in [0.15, 0.2) is 30.3 Å². The van der Waals surface area contributed by atoms with E-state index >= 15 is 0 Å². The van der Waals surface area contributed by atoms with Crippen molar-refractivity contribution in [1.29, 1.82) is 0 Å². The van der Waals surface area contributed by atoms with Crippen LogP contribution in [-0.2, 0) is 4.79 Å². The number of primary amides is 1. The van der Waals surface area contributed by atoms with Crippen LogP contribution in [0.4, 0.5) is 9.39 Å². The molecule has 2 aromatic rings. The minimum atomic E-state index is -0.570.